The second kappa shape index (κ2) is 3.46. The average Bonchev–Trinajstić information content (AvgIpc) is 3.17. The van der Waals surface area contributed by atoms with Crippen molar-refractivity contribution in [2.75, 3.05) is 13.2 Å². The maximum atomic E-state index is 11.7. The van der Waals surface area contributed by atoms with Crippen molar-refractivity contribution >= 4 is 11.9 Å². The molecule has 1 N–H and O–H groups in total. The molecule has 6 nitrogen and oxygen atoms in total. The zero-order chi connectivity index (χ0) is 12.0. The topological polar surface area (TPSA) is 88.7 Å². The zero-order valence-corrected chi connectivity index (χ0v) is 8.63. The van der Waals surface area contributed by atoms with Gasteiger partial charge >= 0.3 is 11.9 Å². The first-order chi connectivity index (χ1) is 8.15. The highest BCUT2D eigenvalue weighted by atomic mass is 16.6. The number of benzene rings is 1. The van der Waals surface area contributed by atoms with Crippen LogP contribution in [0.25, 0.3) is 0 Å². The summed E-state index contributed by atoms with van der Waals surface area (Å²) in [6, 6.07) is 2.71. The van der Waals surface area contributed by atoms with Crippen LogP contribution in [-0.4, -0.2) is 36.4 Å². The van der Waals surface area contributed by atoms with Gasteiger partial charge in [-0.15, -0.1) is 0 Å². The fourth-order valence-electron chi connectivity index (χ4n) is 1.47. The normalized spacial score (nSPS) is 18.9. The van der Waals surface area contributed by atoms with Crippen molar-refractivity contribution < 1.29 is 28.9 Å². The van der Waals surface area contributed by atoms with Crippen molar-refractivity contribution in [3.8, 4) is 11.5 Å². The number of epoxide rings is 1. The summed E-state index contributed by atoms with van der Waals surface area (Å²) in [5, 5.41) is 8.96. The van der Waals surface area contributed by atoms with Gasteiger partial charge in [0, 0.05) is 12.1 Å². The molecule has 2 aliphatic rings. The number of carboxylic acids is 1. The summed E-state index contributed by atoms with van der Waals surface area (Å²) in [6.45, 7) is 0.724. The summed E-state index contributed by atoms with van der Waals surface area (Å²) in [7, 11) is 0. The number of carbonyl (C=O) groups excluding carboxylic acids is 1. The van der Waals surface area contributed by atoms with E-state index in [-0.39, 0.29) is 23.8 Å². The van der Waals surface area contributed by atoms with Crippen LogP contribution < -0.4 is 4.74 Å². The van der Waals surface area contributed by atoms with Gasteiger partial charge in [-0.25, -0.2) is 9.59 Å². The first kappa shape index (κ1) is 10.1. The monoisotopic (exact) mass is 236 g/mol. The summed E-state index contributed by atoms with van der Waals surface area (Å²) < 4.78 is 14.8. The van der Waals surface area contributed by atoms with Gasteiger partial charge in [0.05, 0.1) is 17.7 Å². The molecule has 88 valence electrons. The Morgan fingerprint density at radius 2 is 2.00 bits per heavy atom. The van der Waals surface area contributed by atoms with Crippen molar-refractivity contribution in [1.29, 1.82) is 0 Å². The average molecular weight is 236 g/mol. The smallest absolute Gasteiger partial charge is 0.339 e. The molecule has 0 aromatic heterocycles. The first-order valence-electron chi connectivity index (χ1n) is 5.03. The van der Waals surface area contributed by atoms with Crippen LogP contribution in [0.3, 0.4) is 0 Å². The molecule has 6 heteroatoms. The SMILES string of the molecule is O=C(O)c1cc2c(cc1C(=O)OCC1CO1)O2. The van der Waals surface area contributed by atoms with Crippen molar-refractivity contribution in [2.45, 2.75) is 6.10 Å². The van der Waals surface area contributed by atoms with E-state index in [1.165, 1.54) is 12.1 Å². The summed E-state index contributed by atoms with van der Waals surface area (Å²) in [5.41, 5.74) is -0.0997. The van der Waals surface area contributed by atoms with E-state index >= 15 is 0 Å². The zero-order valence-electron chi connectivity index (χ0n) is 8.63. The lowest BCUT2D eigenvalue weighted by Gasteiger charge is -2.04. The van der Waals surface area contributed by atoms with Crippen LogP contribution in [0, 0.1) is 0 Å². The van der Waals surface area contributed by atoms with Crippen LogP contribution in [0.1, 0.15) is 20.7 Å². The number of hydrogen-bond donors (Lipinski definition) is 1. The lowest BCUT2D eigenvalue weighted by atomic mass is 10.1. The maximum Gasteiger partial charge on any atom is 0.339 e. The van der Waals surface area contributed by atoms with E-state index in [1.54, 1.807) is 0 Å². The van der Waals surface area contributed by atoms with Crippen LogP contribution in [0.15, 0.2) is 12.1 Å². The molecule has 1 fully saturated rings. The predicted molar refractivity (Wildman–Crippen MR) is 53.5 cm³/mol. The van der Waals surface area contributed by atoms with E-state index in [0.717, 1.165) is 0 Å². The van der Waals surface area contributed by atoms with Crippen molar-refractivity contribution in [2.24, 2.45) is 0 Å². The Morgan fingerprint density at radius 1 is 1.35 bits per heavy atom. The molecule has 0 radical (unpaired) electrons. The molecule has 0 bridgehead atoms. The fraction of sp³-hybridized carbons (Fsp3) is 0.273. The minimum atomic E-state index is -1.18. The summed E-state index contributed by atoms with van der Waals surface area (Å²) in [4.78, 5) is 22.6. The molecule has 2 heterocycles. The van der Waals surface area contributed by atoms with Gasteiger partial charge in [-0.2, -0.15) is 0 Å². The third-order valence-electron chi connectivity index (χ3n) is 2.52. The van der Waals surface area contributed by atoms with Crippen LogP contribution >= 0.6 is 0 Å². The van der Waals surface area contributed by atoms with Gasteiger partial charge in [-0.05, 0) is 0 Å². The number of ether oxygens (including phenoxy) is 3. The van der Waals surface area contributed by atoms with Gasteiger partial charge in [0.1, 0.15) is 12.7 Å². The number of aromatic carboxylic acids is 1. The molecule has 1 aromatic rings. The molecule has 0 aliphatic carbocycles. The number of carboxylic acid groups (broad SMARTS) is 1. The molecule has 0 saturated carbocycles. The maximum absolute atomic E-state index is 11.7. The van der Waals surface area contributed by atoms with Crippen molar-refractivity contribution in [3.63, 3.8) is 0 Å². The minimum absolute atomic E-state index is 0.00870. The molecule has 1 aromatic carbocycles. The van der Waals surface area contributed by atoms with E-state index in [0.29, 0.717) is 18.1 Å². The Bertz CT molecular complexity index is 517. The van der Waals surface area contributed by atoms with Crippen LogP contribution in [-0.2, 0) is 9.47 Å². The number of rotatable bonds is 4. The van der Waals surface area contributed by atoms with Crippen LogP contribution in [0.2, 0.25) is 0 Å². The van der Waals surface area contributed by atoms with Crippen molar-refractivity contribution in [1.82, 2.24) is 0 Å². The highest BCUT2D eigenvalue weighted by Crippen LogP contribution is 2.46. The number of carbonyl (C=O) groups is 2. The largest absolute Gasteiger partial charge is 0.478 e. The Balaban J connectivity index is 1.82. The van der Waals surface area contributed by atoms with Crippen molar-refractivity contribution in [3.05, 3.63) is 23.3 Å². The Kier molecular flexibility index (Phi) is 2.05. The lowest BCUT2D eigenvalue weighted by molar-refractivity contribution is 0.0467. The third kappa shape index (κ3) is 1.94. The molecular formula is C11H8O6. The number of fused-ring (bicyclic) bond motifs is 1. The number of esters is 1. The van der Waals surface area contributed by atoms with Gasteiger partial charge in [-0.3, -0.25) is 0 Å². The molecule has 3 rings (SSSR count). The fourth-order valence-corrected chi connectivity index (χ4v) is 1.47. The van der Waals surface area contributed by atoms with Crippen LogP contribution in [0.5, 0.6) is 11.5 Å². The molecule has 17 heavy (non-hydrogen) atoms. The molecule has 1 unspecified atom stereocenters. The molecule has 1 atom stereocenters. The van der Waals surface area contributed by atoms with E-state index in [9.17, 15) is 9.59 Å². The molecule has 0 amide bonds. The minimum Gasteiger partial charge on any atom is -0.478 e. The third-order valence-corrected chi connectivity index (χ3v) is 2.52. The molecular weight excluding hydrogens is 228 g/mol. The van der Waals surface area contributed by atoms with Crippen LogP contribution in [0.4, 0.5) is 0 Å². The number of hydrogen-bond acceptors (Lipinski definition) is 5. The van der Waals surface area contributed by atoms with E-state index in [2.05, 4.69) is 0 Å². The highest BCUT2D eigenvalue weighted by molar-refractivity contribution is 6.04. The molecule has 0 spiro atoms. The second-order valence-electron chi connectivity index (χ2n) is 3.81. The Hall–Kier alpha value is -2.08. The Morgan fingerprint density at radius 3 is 2.59 bits per heavy atom. The van der Waals surface area contributed by atoms with E-state index in [1.807, 2.05) is 0 Å². The summed E-state index contributed by atoms with van der Waals surface area (Å²) >= 11 is 0. The lowest BCUT2D eigenvalue weighted by Crippen LogP contribution is -2.13. The summed E-state index contributed by atoms with van der Waals surface area (Å²) in [5.74, 6) is -0.844. The van der Waals surface area contributed by atoms with Gasteiger partial charge in [0.2, 0.25) is 0 Å². The first-order valence-corrected chi connectivity index (χ1v) is 5.03. The van der Waals surface area contributed by atoms with Gasteiger partial charge < -0.3 is 19.3 Å². The predicted octanol–water partition coefficient (Wildman–Crippen LogP) is 1.05. The van der Waals surface area contributed by atoms with Gasteiger partial charge in [-0.1, -0.05) is 0 Å². The van der Waals surface area contributed by atoms with Gasteiger partial charge in [0.15, 0.2) is 11.5 Å². The molecule has 1 saturated heterocycles. The Labute approximate surface area is 95.7 Å². The molecule has 2 aliphatic heterocycles. The van der Waals surface area contributed by atoms with E-state index < -0.39 is 11.9 Å². The summed E-state index contributed by atoms with van der Waals surface area (Å²) in [6.07, 6.45) is -0.0488. The van der Waals surface area contributed by atoms with Gasteiger partial charge in [0.25, 0.3) is 0 Å². The highest BCUT2D eigenvalue weighted by Gasteiger charge is 2.30. The standard InChI is InChI=1S/C11H8O6/c12-10(13)6-1-8-9(17-8)2-7(6)11(14)16-4-5-3-15-5/h1-2,5H,3-4H2,(H,12,13). The quantitative estimate of drug-likeness (QED) is 0.630. The second-order valence-corrected chi connectivity index (χ2v) is 3.81. The van der Waals surface area contributed by atoms with E-state index in [4.69, 9.17) is 19.3 Å².